The van der Waals surface area contributed by atoms with Crippen molar-refractivity contribution < 1.29 is 18.0 Å². The molecule has 3 heterocycles. The lowest BCUT2D eigenvalue weighted by Crippen LogP contribution is -2.35. The fourth-order valence-electron chi connectivity index (χ4n) is 5.11. The SMILES string of the molecule is Cc1ccc(-n2cc(CCc3c(C(=O)C(F)(F)F)c(=O)n(Cc4cn(-c5ccc(C)cc5)nn4)c4ccccc34)nn2)cc1. The van der Waals surface area contributed by atoms with Crippen LogP contribution < -0.4 is 5.56 Å². The molecule has 0 aliphatic heterocycles. The molecule has 0 radical (unpaired) electrons. The van der Waals surface area contributed by atoms with Crippen LogP contribution in [-0.4, -0.2) is 46.5 Å². The van der Waals surface area contributed by atoms with Crippen LogP contribution >= 0.6 is 0 Å². The van der Waals surface area contributed by atoms with Crippen LogP contribution in [0.4, 0.5) is 13.2 Å². The quantitative estimate of drug-likeness (QED) is 0.219. The Hall–Kier alpha value is -5.39. The van der Waals surface area contributed by atoms with Crippen molar-refractivity contribution in [3.8, 4) is 11.4 Å². The van der Waals surface area contributed by atoms with E-state index < -0.39 is 23.1 Å². The van der Waals surface area contributed by atoms with Gasteiger partial charge in [0.05, 0.1) is 47.1 Å². The van der Waals surface area contributed by atoms with Crippen molar-refractivity contribution in [1.29, 1.82) is 0 Å². The zero-order chi connectivity index (χ0) is 31.0. The Morgan fingerprint density at radius 3 is 1.89 bits per heavy atom. The number of ketones is 1. The van der Waals surface area contributed by atoms with E-state index in [1.54, 1.807) is 41.3 Å². The maximum absolute atomic E-state index is 13.9. The van der Waals surface area contributed by atoms with E-state index in [0.717, 1.165) is 27.1 Å². The Balaban J connectivity index is 1.39. The summed E-state index contributed by atoms with van der Waals surface area (Å²) in [6.45, 7) is 3.73. The highest BCUT2D eigenvalue weighted by atomic mass is 19.4. The molecule has 0 amide bonds. The number of Topliss-reactive ketones (excluding diaryl/α,β-unsaturated/α-hetero) is 1. The first-order chi connectivity index (χ1) is 21.1. The highest BCUT2D eigenvalue weighted by Crippen LogP contribution is 2.28. The third kappa shape index (κ3) is 5.65. The minimum Gasteiger partial charge on any atom is -0.301 e. The number of hydrogen-bond acceptors (Lipinski definition) is 6. The number of carbonyl (C=O) groups is 1. The van der Waals surface area contributed by atoms with Crippen molar-refractivity contribution in [2.24, 2.45) is 0 Å². The normalized spacial score (nSPS) is 11.8. The van der Waals surface area contributed by atoms with Gasteiger partial charge < -0.3 is 4.57 Å². The number of hydrogen-bond donors (Lipinski definition) is 0. The van der Waals surface area contributed by atoms with Crippen molar-refractivity contribution in [3.05, 3.63) is 129 Å². The molecule has 6 rings (SSSR count). The van der Waals surface area contributed by atoms with Crippen LogP contribution in [-0.2, 0) is 19.4 Å². The summed E-state index contributed by atoms with van der Waals surface area (Å²) in [5, 5.41) is 16.9. The molecule has 12 heteroatoms. The molecule has 6 aromatic rings. The fourth-order valence-corrected chi connectivity index (χ4v) is 5.11. The van der Waals surface area contributed by atoms with Gasteiger partial charge in [0.15, 0.2) is 0 Å². The van der Waals surface area contributed by atoms with Crippen molar-refractivity contribution >= 4 is 16.7 Å². The van der Waals surface area contributed by atoms with Gasteiger partial charge in [-0.15, -0.1) is 10.2 Å². The molecule has 0 atom stereocenters. The lowest BCUT2D eigenvalue weighted by molar-refractivity contribution is -0.0886. The molecular formula is C32H26F3N7O2. The second-order valence-electron chi connectivity index (χ2n) is 10.6. The Labute approximate surface area is 249 Å². The monoisotopic (exact) mass is 597 g/mol. The molecule has 3 aromatic carbocycles. The minimum absolute atomic E-state index is 0.0115. The van der Waals surface area contributed by atoms with Gasteiger partial charge in [-0.05, 0) is 62.6 Å². The van der Waals surface area contributed by atoms with Gasteiger partial charge >= 0.3 is 6.18 Å². The number of rotatable bonds is 8. The maximum Gasteiger partial charge on any atom is 0.455 e. The third-order valence-electron chi connectivity index (χ3n) is 7.40. The Bertz CT molecular complexity index is 2040. The predicted octanol–water partition coefficient (Wildman–Crippen LogP) is 5.36. The number of aromatic nitrogens is 7. The molecule has 9 nitrogen and oxygen atoms in total. The van der Waals surface area contributed by atoms with E-state index in [9.17, 15) is 22.8 Å². The summed E-state index contributed by atoms with van der Waals surface area (Å²) in [4.78, 5) is 26.6. The van der Waals surface area contributed by atoms with Crippen LogP contribution in [0.1, 0.15) is 38.4 Å². The number of para-hydroxylation sites is 1. The average molecular weight is 598 g/mol. The maximum atomic E-state index is 13.9. The van der Waals surface area contributed by atoms with Crippen LogP contribution in [0.15, 0.2) is 90.0 Å². The van der Waals surface area contributed by atoms with E-state index in [2.05, 4.69) is 20.6 Å². The van der Waals surface area contributed by atoms with Crippen molar-refractivity contribution in [2.45, 2.75) is 39.4 Å². The van der Waals surface area contributed by atoms with Gasteiger partial charge in [0.2, 0.25) is 0 Å². The van der Waals surface area contributed by atoms with Gasteiger partial charge in [0.25, 0.3) is 11.3 Å². The summed E-state index contributed by atoms with van der Waals surface area (Å²) in [6, 6.07) is 21.7. The van der Waals surface area contributed by atoms with Crippen molar-refractivity contribution in [2.75, 3.05) is 0 Å². The zero-order valence-corrected chi connectivity index (χ0v) is 23.8. The Morgan fingerprint density at radius 2 is 1.30 bits per heavy atom. The zero-order valence-electron chi connectivity index (χ0n) is 23.8. The largest absolute Gasteiger partial charge is 0.455 e. The van der Waals surface area contributed by atoms with E-state index in [0.29, 0.717) is 22.3 Å². The van der Waals surface area contributed by atoms with Crippen LogP contribution in [0.25, 0.3) is 22.3 Å². The summed E-state index contributed by atoms with van der Waals surface area (Å²) < 4.78 is 45.9. The summed E-state index contributed by atoms with van der Waals surface area (Å²) in [5.41, 5.74) is 2.90. The molecule has 0 fully saturated rings. The number of halogens is 3. The first-order valence-electron chi connectivity index (χ1n) is 13.8. The Morgan fingerprint density at radius 1 is 0.750 bits per heavy atom. The summed E-state index contributed by atoms with van der Waals surface area (Å²) in [7, 11) is 0. The number of aryl methyl sites for hydroxylation is 4. The minimum atomic E-state index is -5.25. The summed E-state index contributed by atoms with van der Waals surface area (Å²) in [5.74, 6) is -2.19. The molecule has 0 bridgehead atoms. The van der Waals surface area contributed by atoms with E-state index in [1.165, 1.54) is 4.68 Å². The van der Waals surface area contributed by atoms with Gasteiger partial charge in [0, 0.05) is 5.39 Å². The van der Waals surface area contributed by atoms with E-state index in [-0.39, 0.29) is 24.9 Å². The van der Waals surface area contributed by atoms with Gasteiger partial charge in [-0.25, -0.2) is 9.36 Å². The lowest BCUT2D eigenvalue weighted by atomic mass is 9.95. The fraction of sp³-hybridized carbons (Fsp3) is 0.188. The molecule has 0 unspecified atom stereocenters. The number of fused-ring (bicyclic) bond motifs is 1. The summed E-state index contributed by atoms with van der Waals surface area (Å²) in [6.07, 6.45) is -1.86. The highest BCUT2D eigenvalue weighted by molar-refractivity contribution is 6.04. The molecule has 0 N–H and O–H groups in total. The molecule has 0 saturated heterocycles. The second-order valence-corrected chi connectivity index (χ2v) is 10.6. The van der Waals surface area contributed by atoms with Crippen molar-refractivity contribution in [1.82, 2.24) is 34.6 Å². The first-order valence-corrected chi connectivity index (χ1v) is 13.8. The number of pyridine rings is 1. The molecule has 0 aliphatic carbocycles. The number of benzene rings is 3. The van der Waals surface area contributed by atoms with Gasteiger partial charge in [0.1, 0.15) is 5.69 Å². The standard InChI is InChI=1S/C32H26F3N7O2/c1-20-7-12-24(13-8-20)41-18-22(36-38-41)11-16-27-26-5-3-4-6-28(26)40(31(44)29(27)30(43)32(33,34)35)17-23-19-42(39-37-23)25-14-9-21(2)10-15-25/h3-10,12-15,18-19H,11,16-17H2,1-2H3. The smallest absolute Gasteiger partial charge is 0.301 e. The summed E-state index contributed by atoms with van der Waals surface area (Å²) >= 11 is 0. The predicted molar refractivity (Wildman–Crippen MR) is 157 cm³/mol. The average Bonchev–Trinajstić information content (AvgIpc) is 3.68. The van der Waals surface area contributed by atoms with Crippen LogP contribution in [0.2, 0.25) is 0 Å². The molecule has 44 heavy (non-hydrogen) atoms. The van der Waals surface area contributed by atoms with E-state index in [1.807, 2.05) is 62.4 Å². The lowest BCUT2D eigenvalue weighted by Gasteiger charge is -2.17. The second kappa shape index (κ2) is 11.4. The first kappa shape index (κ1) is 28.7. The van der Waals surface area contributed by atoms with Gasteiger partial charge in [-0.3, -0.25) is 9.59 Å². The topological polar surface area (TPSA) is 100 Å². The molecule has 3 aromatic heterocycles. The van der Waals surface area contributed by atoms with Crippen LogP contribution in [0.5, 0.6) is 0 Å². The molecule has 0 spiro atoms. The number of nitrogens with zero attached hydrogens (tertiary/aromatic N) is 7. The van der Waals surface area contributed by atoms with Gasteiger partial charge in [-0.2, -0.15) is 13.2 Å². The van der Waals surface area contributed by atoms with Crippen LogP contribution in [0, 0.1) is 13.8 Å². The number of carbonyl (C=O) groups excluding carboxylic acids is 1. The number of alkyl halides is 3. The molecule has 0 saturated carbocycles. The third-order valence-corrected chi connectivity index (χ3v) is 7.40. The van der Waals surface area contributed by atoms with Crippen molar-refractivity contribution in [3.63, 3.8) is 0 Å². The Kier molecular flexibility index (Phi) is 7.41. The highest BCUT2D eigenvalue weighted by Gasteiger charge is 2.43. The van der Waals surface area contributed by atoms with Gasteiger partial charge in [-0.1, -0.05) is 64.0 Å². The van der Waals surface area contributed by atoms with E-state index >= 15 is 0 Å². The molecule has 0 aliphatic rings. The van der Waals surface area contributed by atoms with Crippen LogP contribution in [0.3, 0.4) is 0 Å². The van der Waals surface area contributed by atoms with E-state index in [4.69, 9.17) is 0 Å². The molecule has 222 valence electrons. The molecular weight excluding hydrogens is 571 g/mol.